The van der Waals surface area contributed by atoms with Crippen LogP contribution >= 0.6 is 0 Å². The molecule has 108 valence electrons. The van der Waals surface area contributed by atoms with Gasteiger partial charge in [0.1, 0.15) is 6.29 Å². The summed E-state index contributed by atoms with van der Waals surface area (Å²) in [6.07, 6.45) is 2.08. The van der Waals surface area contributed by atoms with Crippen molar-refractivity contribution in [2.24, 2.45) is 0 Å². The average Bonchev–Trinajstić information content (AvgIpc) is 2.37. The zero-order valence-electron chi connectivity index (χ0n) is 10.8. The van der Waals surface area contributed by atoms with Crippen LogP contribution in [0.25, 0.3) is 0 Å². The van der Waals surface area contributed by atoms with E-state index in [-0.39, 0.29) is 13.2 Å². The van der Waals surface area contributed by atoms with E-state index in [1.807, 2.05) is 0 Å². The molecule has 0 aromatic heterocycles. The summed E-state index contributed by atoms with van der Waals surface area (Å²) in [6.45, 7) is 2.40. The molecule has 0 rings (SSSR count). The van der Waals surface area contributed by atoms with Crippen LogP contribution in [0, 0.1) is 0 Å². The minimum Gasteiger partial charge on any atom is -0.394 e. The Bertz CT molecular complexity index is 176. The van der Waals surface area contributed by atoms with Crippen molar-refractivity contribution in [3.63, 3.8) is 0 Å². The number of carbonyl (C=O) groups is 1. The smallest absolute Gasteiger partial charge is 0.119 e. The third-order valence-corrected chi connectivity index (χ3v) is 2.15. The number of aliphatic hydroxyl groups is 2. The van der Waals surface area contributed by atoms with Gasteiger partial charge in [-0.1, -0.05) is 0 Å². The Morgan fingerprint density at radius 3 is 2.22 bits per heavy atom. The lowest BCUT2D eigenvalue weighted by Crippen LogP contribution is -2.18. The van der Waals surface area contributed by atoms with Gasteiger partial charge in [0, 0.05) is 6.42 Å². The quantitative estimate of drug-likeness (QED) is 0.333. The molecule has 2 N–H and O–H groups in total. The van der Waals surface area contributed by atoms with Gasteiger partial charge < -0.3 is 29.2 Å². The number of carbonyl (C=O) groups excluding carboxylic acids is 1. The zero-order valence-corrected chi connectivity index (χ0v) is 10.8. The number of rotatable bonds is 14. The minimum atomic E-state index is -0.516. The predicted molar refractivity (Wildman–Crippen MR) is 65.5 cm³/mol. The third-order valence-electron chi connectivity index (χ3n) is 2.15. The molecule has 1 atom stereocenters. The van der Waals surface area contributed by atoms with Crippen LogP contribution in [0.2, 0.25) is 0 Å². The standard InChI is InChI=1S/C12H24O6/c13-4-2-1-3-12(15)11-18-10-9-17-8-7-16-6-5-14/h4,12,14-15H,1-3,5-11H2. The van der Waals surface area contributed by atoms with Crippen LogP contribution in [-0.4, -0.2) is 68.9 Å². The van der Waals surface area contributed by atoms with Gasteiger partial charge in [-0.3, -0.25) is 0 Å². The molecule has 0 aliphatic heterocycles. The molecule has 6 nitrogen and oxygen atoms in total. The molecule has 0 heterocycles. The first-order chi connectivity index (χ1) is 8.81. The molecule has 1 unspecified atom stereocenters. The monoisotopic (exact) mass is 264 g/mol. The number of unbranched alkanes of at least 4 members (excludes halogenated alkanes) is 1. The van der Waals surface area contributed by atoms with Gasteiger partial charge in [0.05, 0.1) is 52.4 Å². The van der Waals surface area contributed by atoms with E-state index in [1.165, 1.54) is 0 Å². The lowest BCUT2D eigenvalue weighted by Gasteiger charge is -2.10. The molecular weight excluding hydrogens is 240 g/mol. The fourth-order valence-corrected chi connectivity index (χ4v) is 1.24. The summed E-state index contributed by atoms with van der Waals surface area (Å²) in [5.41, 5.74) is 0. The maximum Gasteiger partial charge on any atom is 0.119 e. The fourth-order valence-electron chi connectivity index (χ4n) is 1.24. The number of hydrogen-bond acceptors (Lipinski definition) is 6. The Labute approximate surface area is 108 Å². The van der Waals surface area contributed by atoms with Gasteiger partial charge >= 0.3 is 0 Å². The summed E-state index contributed by atoms with van der Waals surface area (Å²) < 4.78 is 15.4. The Morgan fingerprint density at radius 2 is 1.61 bits per heavy atom. The summed E-state index contributed by atoms with van der Waals surface area (Å²) in [5, 5.41) is 17.9. The highest BCUT2D eigenvalue weighted by Gasteiger charge is 2.03. The van der Waals surface area contributed by atoms with E-state index in [2.05, 4.69) is 0 Å². The van der Waals surface area contributed by atoms with E-state index in [9.17, 15) is 9.90 Å². The molecule has 6 heteroatoms. The normalized spacial score (nSPS) is 12.6. The van der Waals surface area contributed by atoms with Crippen molar-refractivity contribution < 1.29 is 29.2 Å². The first-order valence-electron chi connectivity index (χ1n) is 6.27. The molecule has 0 bridgehead atoms. The largest absolute Gasteiger partial charge is 0.394 e. The first kappa shape index (κ1) is 17.5. The highest BCUT2D eigenvalue weighted by molar-refractivity contribution is 5.48. The predicted octanol–water partition coefficient (Wildman–Crippen LogP) is -0.241. The molecule has 0 aliphatic carbocycles. The Hall–Kier alpha value is -0.530. The van der Waals surface area contributed by atoms with Crippen molar-refractivity contribution in [1.29, 1.82) is 0 Å². The average molecular weight is 264 g/mol. The molecule has 0 amide bonds. The van der Waals surface area contributed by atoms with E-state index in [4.69, 9.17) is 19.3 Å². The van der Waals surface area contributed by atoms with Crippen LogP contribution in [0.3, 0.4) is 0 Å². The highest BCUT2D eigenvalue weighted by Crippen LogP contribution is 1.99. The number of hydrogen-bond donors (Lipinski definition) is 2. The molecule has 18 heavy (non-hydrogen) atoms. The van der Waals surface area contributed by atoms with Gasteiger partial charge in [0.15, 0.2) is 0 Å². The second kappa shape index (κ2) is 14.5. The van der Waals surface area contributed by atoms with Crippen LogP contribution in [0.5, 0.6) is 0 Å². The van der Waals surface area contributed by atoms with E-state index in [0.717, 1.165) is 6.29 Å². The van der Waals surface area contributed by atoms with Gasteiger partial charge in [0.25, 0.3) is 0 Å². The van der Waals surface area contributed by atoms with Crippen molar-refractivity contribution in [2.75, 3.05) is 46.2 Å². The maximum atomic E-state index is 10.1. The minimum absolute atomic E-state index is 0.0190. The lowest BCUT2D eigenvalue weighted by atomic mass is 10.2. The Balaban J connectivity index is 3.07. The van der Waals surface area contributed by atoms with Crippen molar-refractivity contribution in [3.05, 3.63) is 0 Å². The van der Waals surface area contributed by atoms with Crippen molar-refractivity contribution in [3.8, 4) is 0 Å². The second-order valence-corrected chi connectivity index (χ2v) is 3.77. The number of aliphatic hydroxyl groups excluding tert-OH is 2. The summed E-state index contributed by atoms with van der Waals surface area (Å²) in [7, 11) is 0. The summed E-state index contributed by atoms with van der Waals surface area (Å²) >= 11 is 0. The van der Waals surface area contributed by atoms with Crippen LogP contribution in [0.4, 0.5) is 0 Å². The lowest BCUT2D eigenvalue weighted by molar-refractivity contribution is -0.108. The van der Waals surface area contributed by atoms with Crippen molar-refractivity contribution >= 4 is 6.29 Å². The fraction of sp³-hybridized carbons (Fsp3) is 0.917. The molecule has 0 spiro atoms. The van der Waals surface area contributed by atoms with E-state index in [0.29, 0.717) is 52.3 Å². The van der Waals surface area contributed by atoms with Crippen molar-refractivity contribution in [1.82, 2.24) is 0 Å². The Morgan fingerprint density at radius 1 is 1.00 bits per heavy atom. The SMILES string of the molecule is O=CCCCC(O)COCCOCCOCCO. The molecule has 0 radical (unpaired) electrons. The molecule has 0 fully saturated rings. The topological polar surface area (TPSA) is 85.2 Å². The molecule has 0 saturated heterocycles. The molecule has 0 aromatic rings. The van der Waals surface area contributed by atoms with E-state index < -0.39 is 6.10 Å². The van der Waals surface area contributed by atoms with Gasteiger partial charge in [-0.05, 0) is 12.8 Å². The van der Waals surface area contributed by atoms with Crippen LogP contribution in [-0.2, 0) is 19.0 Å². The van der Waals surface area contributed by atoms with Crippen LogP contribution in [0.15, 0.2) is 0 Å². The summed E-state index contributed by atoms with van der Waals surface area (Å²) in [6, 6.07) is 0. The molecule has 0 saturated carbocycles. The molecule has 0 aromatic carbocycles. The number of ether oxygens (including phenoxy) is 3. The third kappa shape index (κ3) is 13.5. The van der Waals surface area contributed by atoms with E-state index >= 15 is 0 Å². The van der Waals surface area contributed by atoms with Crippen LogP contribution < -0.4 is 0 Å². The highest BCUT2D eigenvalue weighted by atomic mass is 16.5. The van der Waals surface area contributed by atoms with Crippen LogP contribution in [0.1, 0.15) is 19.3 Å². The Kier molecular flexibility index (Phi) is 14.1. The maximum absolute atomic E-state index is 10.1. The van der Waals surface area contributed by atoms with Gasteiger partial charge in [0.2, 0.25) is 0 Å². The van der Waals surface area contributed by atoms with Gasteiger partial charge in [-0.25, -0.2) is 0 Å². The summed E-state index contributed by atoms with van der Waals surface area (Å²) in [5.74, 6) is 0. The first-order valence-corrected chi connectivity index (χ1v) is 6.27. The van der Waals surface area contributed by atoms with Gasteiger partial charge in [-0.2, -0.15) is 0 Å². The van der Waals surface area contributed by atoms with Gasteiger partial charge in [-0.15, -0.1) is 0 Å². The van der Waals surface area contributed by atoms with Crippen molar-refractivity contribution in [2.45, 2.75) is 25.4 Å². The zero-order chi connectivity index (χ0) is 13.5. The summed E-state index contributed by atoms with van der Waals surface area (Å²) in [4.78, 5) is 10.1. The van der Waals surface area contributed by atoms with E-state index in [1.54, 1.807) is 0 Å². The molecular formula is C12H24O6. The molecule has 0 aliphatic rings. The second-order valence-electron chi connectivity index (χ2n) is 3.77. The number of aldehydes is 1.